The van der Waals surface area contributed by atoms with E-state index in [1.807, 2.05) is 0 Å². The molecule has 0 fully saturated rings. The minimum atomic E-state index is -1.05. The van der Waals surface area contributed by atoms with Gasteiger partial charge < -0.3 is 26.8 Å². The molecule has 0 saturated heterocycles. The van der Waals surface area contributed by atoms with E-state index in [0.717, 1.165) is 0 Å². The minimum Gasteiger partial charge on any atom is -0.449 e. The SMILES string of the molecule is O=c1c2c3oc4c(=O)c5oc6c(=O)c7oc(c(c(=O)c7oc6c(=O)c5oc14)O2)C3. The number of hydrogen-bond acceptors (Lipinski definition) is 11. The van der Waals surface area contributed by atoms with E-state index in [1.54, 1.807) is 0 Å². The second-order valence-corrected chi connectivity index (χ2v) is 6.57. The predicted octanol–water partition coefficient (Wildman–Crippen LogP) is 1.08. The van der Waals surface area contributed by atoms with Crippen molar-refractivity contribution in [1.29, 1.82) is 0 Å². The Morgan fingerprint density at radius 2 is 0.724 bits per heavy atom. The molecule has 0 spiro atoms. The maximum absolute atomic E-state index is 12.9. The Morgan fingerprint density at radius 1 is 0.414 bits per heavy atom. The van der Waals surface area contributed by atoms with E-state index in [4.69, 9.17) is 26.8 Å². The molecule has 1 aliphatic rings. The summed E-state index contributed by atoms with van der Waals surface area (Å²) in [6, 6.07) is 0. The van der Waals surface area contributed by atoms with Gasteiger partial charge in [-0.3, -0.25) is 24.0 Å². The van der Waals surface area contributed by atoms with Gasteiger partial charge in [-0.2, -0.15) is 0 Å². The van der Waals surface area contributed by atoms with Crippen LogP contribution >= 0.6 is 0 Å². The molecule has 0 atom stereocenters. The molecular formula is C18H2O11. The number of fused-ring (bicyclic) bond motifs is 6. The lowest BCUT2D eigenvalue weighted by Crippen LogP contribution is -2.24. The highest BCUT2D eigenvalue weighted by atomic mass is 16.5. The highest BCUT2D eigenvalue weighted by molar-refractivity contribution is 5.91. The Morgan fingerprint density at radius 3 is 1.10 bits per heavy atom. The monoisotopic (exact) mass is 394 g/mol. The first-order chi connectivity index (χ1) is 13.9. The minimum absolute atomic E-state index is 0.117. The Labute approximate surface area is 152 Å². The Hall–Kier alpha value is -4.41. The molecule has 29 heavy (non-hydrogen) atoms. The highest BCUT2D eigenvalue weighted by Crippen LogP contribution is 2.36. The van der Waals surface area contributed by atoms with E-state index in [0.29, 0.717) is 0 Å². The van der Waals surface area contributed by atoms with Gasteiger partial charge in [0.15, 0.2) is 11.5 Å². The van der Waals surface area contributed by atoms with Crippen LogP contribution < -0.4 is 31.9 Å². The molecule has 11 nitrogen and oxygen atoms in total. The van der Waals surface area contributed by atoms with Gasteiger partial charge in [0.2, 0.25) is 56.2 Å². The van der Waals surface area contributed by atoms with Crippen LogP contribution in [0.5, 0.6) is 11.5 Å². The molecule has 5 aromatic rings. The average Bonchev–Trinajstić information content (AvgIpc) is 2.70. The molecule has 6 rings (SSSR count). The maximum Gasteiger partial charge on any atom is 0.271 e. The van der Waals surface area contributed by atoms with E-state index in [-0.39, 0.29) is 17.9 Å². The molecule has 0 amide bonds. The summed E-state index contributed by atoms with van der Waals surface area (Å²) in [5, 5.41) is 0. The standard InChI is InChI=1S/C18H2O11/c19-4-9-2-1-3-10(26-9)5(20)14-12(25-3)7(22)16-18(28-14)8(23)17-15(29-16)6(21)11(24-2)13(4)27-17/h1H2. The summed E-state index contributed by atoms with van der Waals surface area (Å²) in [5.74, 6) is -1.03. The lowest BCUT2D eigenvalue weighted by Gasteiger charge is -2.17. The predicted molar refractivity (Wildman–Crippen MR) is 92.0 cm³/mol. The van der Waals surface area contributed by atoms with Crippen LogP contribution in [0.25, 0.3) is 44.7 Å². The zero-order valence-electron chi connectivity index (χ0n) is 13.7. The molecule has 11 heteroatoms. The number of hydrogen-bond donors (Lipinski definition) is 0. The Kier molecular flexibility index (Phi) is 2.11. The Balaban J connectivity index is 2.03. The van der Waals surface area contributed by atoms with Crippen molar-refractivity contribution in [3.8, 4) is 11.5 Å². The van der Waals surface area contributed by atoms with Gasteiger partial charge in [0.05, 0.1) is 6.42 Å². The van der Waals surface area contributed by atoms with Crippen LogP contribution in [0.1, 0.15) is 11.5 Å². The molecule has 0 aromatic carbocycles. The van der Waals surface area contributed by atoms with Crippen molar-refractivity contribution in [1.82, 2.24) is 0 Å². The molecule has 0 radical (unpaired) electrons. The highest BCUT2D eigenvalue weighted by Gasteiger charge is 2.34. The van der Waals surface area contributed by atoms with E-state index in [2.05, 4.69) is 0 Å². The van der Waals surface area contributed by atoms with Crippen LogP contribution in [0.4, 0.5) is 0 Å². The summed E-state index contributed by atoms with van der Waals surface area (Å²) in [7, 11) is 0. The number of rotatable bonds is 0. The van der Waals surface area contributed by atoms with Crippen LogP contribution in [0.2, 0.25) is 0 Å². The first-order valence-electron chi connectivity index (χ1n) is 8.18. The van der Waals surface area contributed by atoms with Crippen LogP contribution in [0.3, 0.4) is 0 Å². The summed E-state index contributed by atoms with van der Waals surface area (Å²) in [4.78, 5) is 64.3. The second-order valence-electron chi connectivity index (χ2n) is 6.57. The van der Waals surface area contributed by atoms with Gasteiger partial charge in [0.1, 0.15) is 0 Å². The van der Waals surface area contributed by atoms with Crippen LogP contribution in [-0.2, 0) is 6.42 Å². The van der Waals surface area contributed by atoms with E-state index >= 15 is 0 Å². The fraction of sp³-hybridized carbons (Fsp3) is 0.0556. The van der Waals surface area contributed by atoms with Crippen LogP contribution in [0, 0.1) is 0 Å². The van der Waals surface area contributed by atoms with Gasteiger partial charge in [-0.25, -0.2) is 0 Å². The topological polar surface area (TPSA) is 160 Å². The van der Waals surface area contributed by atoms with E-state index in [9.17, 15) is 24.0 Å². The molecule has 0 N–H and O–H groups in total. The van der Waals surface area contributed by atoms with Crippen LogP contribution in [-0.4, -0.2) is 0 Å². The third-order valence-electron chi connectivity index (χ3n) is 4.98. The summed E-state index contributed by atoms with van der Waals surface area (Å²) < 4.78 is 32.4. The molecule has 5 aromatic heterocycles. The van der Waals surface area contributed by atoms with E-state index < -0.39 is 83.3 Å². The third kappa shape index (κ3) is 1.43. The van der Waals surface area contributed by atoms with Crippen LogP contribution in [0.15, 0.2) is 46.1 Å². The summed E-state index contributed by atoms with van der Waals surface area (Å²) >= 11 is 0. The van der Waals surface area contributed by atoms with Gasteiger partial charge in [0, 0.05) is 0 Å². The van der Waals surface area contributed by atoms with Crippen molar-refractivity contribution in [2.75, 3.05) is 0 Å². The van der Waals surface area contributed by atoms with Gasteiger partial charge in [0.25, 0.3) is 27.1 Å². The third-order valence-corrected chi connectivity index (χ3v) is 4.98. The van der Waals surface area contributed by atoms with Crippen molar-refractivity contribution >= 4 is 44.7 Å². The van der Waals surface area contributed by atoms with Crippen molar-refractivity contribution in [3.63, 3.8) is 0 Å². The molecular weight excluding hydrogens is 392 g/mol. The molecule has 0 saturated carbocycles. The summed E-state index contributed by atoms with van der Waals surface area (Å²) in [6.07, 6.45) is -0.242. The quantitative estimate of drug-likeness (QED) is 0.339. The zero-order chi connectivity index (χ0) is 19.8. The normalized spacial score (nSPS) is 13.7. The lowest BCUT2D eigenvalue weighted by atomic mass is 10.1. The summed E-state index contributed by atoms with van der Waals surface area (Å²) in [5.41, 5.74) is -9.61. The van der Waals surface area contributed by atoms with Gasteiger partial charge in [-0.05, 0) is 0 Å². The Bertz CT molecular complexity index is 1820. The molecule has 6 heterocycles. The first kappa shape index (κ1) is 14.6. The second kappa shape index (κ2) is 4.19. The fourth-order valence-corrected chi connectivity index (χ4v) is 3.67. The fourth-order valence-electron chi connectivity index (χ4n) is 3.67. The maximum atomic E-state index is 12.9. The molecule has 0 aliphatic carbocycles. The zero-order valence-corrected chi connectivity index (χ0v) is 13.7. The van der Waals surface area contributed by atoms with Crippen molar-refractivity contribution < 1.29 is 26.8 Å². The molecule has 0 unspecified atom stereocenters. The molecule has 1 aliphatic heterocycles. The molecule has 140 valence electrons. The smallest absolute Gasteiger partial charge is 0.271 e. The number of ether oxygens (including phenoxy) is 1. The van der Waals surface area contributed by atoms with Crippen molar-refractivity contribution in [3.05, 3.63) is 62.6 Å². The molecule has 0 bridgehead atoms. The van der Waals surface area contributed by atoms with Gasteiger partial charge in [-0.1, -0.05) is 0 Å². The lowest BCUT2D eigenvalue weighted by molar-refractivity contribution is 0.360. The van der Waals surface area contributed by atoms with Crippen molar-refractivity contribution in [2.24, 2.45) is 0 Å². The average molecular weight is 394 g/mol. The first-order valence-corrected chi connectivity index (χ1v) is 8.18. The largest absolute Gasteiger partial charge is 0.449 e. The van der Waals surface area contributed by atoms with Crippen molar-refractivity contribution in [2.45, 2.75) is 6.42 Å². The van der Waals surface area contributed by atoms with E-state index in [1.165, 1.54) is 0 Å². The van der Waals surface area contributed by atoms with Gasteiger partial charge in [-0.15, -0.1) is 0 Å². The summed E-state index contributed by atoms with van der Waals surface area (Å²) in [6.45, 7) is 0. The van der Waals surface area contributed by atoms with Gasteiger partial charge >= 0.3 is 0 Å².